The van der Waals surface area contributed by atoms with Gasteiger partial charge in [0, 0.05) is 12.5 Å². The van der Waals surface area contributed by atoms with E-state index in [0.717, 1.165) is 18.6 Å². The number of furan rings is 1. The van der Waals surface area contributed by atoms with Gasteiger partial charge in [0.1, 0.15) is 17.6 Å². The second-order valence-corrected chi connectivity index (χ2v) is 3.17. The molecule has 1 aromatic rings. The summed E-state index contributed by atoms with van der Waals surface area (Å²) in [6.07, 6.45) is 0.905. The Kier molecular flexibility index (Phi) is 3.51. The number of aryl methyl sites for hydroxylation is 1. The summed E-state index contributed by atoms with van der Waals surface area (Å²) in [5.74, 6) is 1.46. The highest BCUT2D eigenvalue weighted by Gasteiger charge is 2.18. The average molecular weight is 183 g/mol. The van der Waals surface area contributed by atoms with E-state index in [1.54, 1.807) is 6.07 Å². The summed E-state index contributed by atoms with van der Waals surface area (Å²) in [5.41, 5.74) is 5.69. The summed E-state index contributed by atoms with van der Waals surface area (Å²) in [6.45, 7) is 3.95. The first kappa shape index (κ1) is 10.3. The molecule has 0 aliphatic carbocycles. The van der Waals surface area contributed by atoms with E-state index in [1.165, 1.54) is 0 Å². The molecule has 0 amide bonds. The van der Waals surface area contributed by atoms with Gasteiger partial charge in [-0.05, 0) is 18.6 Å². The van der Waals surface area contributed by atoms with Gasteiger partial charge in [-0.1, -0.05) is 13.8 Å². The van der Waals surface area contributed by atoms with Crippen LogP contribution >= 0.6 is 0 Å². The standard InChI is InChI=1S/C10H17NO2/c1-3-7-5-6-9(13-7)10(12)8(11)4-2/h5-6,8,10,12H,3-4,11H2,1-2H3. The first-order valence-electron chi connectivity index (χ1n) is 4.71. The maximum absolute atomic E-state index is 9.68. The molecule has 0 spiro atoms. The predicted molar refractivity (Wildman–Crippen MR) is 51.3 cm³/mol. The van der Waals surface area contributed by atoms with Crippen molar-refractivity contribution in [2.45, 2.75) is 38.8 Å². The van der Waals surface area contributed by atoms with E-state index in [2.05, 4.69) is 0 Å². The fourth-order valence-corrected chi connectivity index (χ4v) is 1.18. The maximum atomic E-state index is 9.68. The Labute approximate surface area is 78.5 Å². The van der Waals surface area contributed by atoms with Crippen LogP contribution in [0.1, 0.15) is 37.9 Å². The lowest BCUT2D eigenvalue weighted by atomic mass is 10.1. The van der Waals surface area contributed by atoms with E-state index < -0.39 is 6.10 Å². The summed E-state index contributed by atoms with van der Waals surface area (Å²) in [6, 6.07) is 3.43. The second-order valence-electron chi connectivity index (χ2n) is 3.17. The molecule has 1 aromatic heterocycles. The largest absolute Gasteiger partial charge is 0.463 e. The molecule has 1 rings (SSSR count). The minimum Gasteiger partial charge on any atom is -0.463 e. The summed E-state index contributed by atoms with van der Waals surface area (Å²) >= 11 is 0. The van der Waals surface area contributed by atoms with E-state index in [1.807, 2.05) is 19.9 Å². The molecular weight excluding hydrogens is 166 g/mol. The smallest absolute Gasteiger partial charge is 0.134 e. The molecule has 1 heterocycles. The Morgan fingerprint density at radius 2 is 2.15 bits per heavy atom. The highest BCUT2D eigenvalue weighted by Crippen LogP contribution is 2.20. The van der Waals surface area contributed by atoms with Gasteiger partial charge >= 0.3 is 0 Å². The third-order valence-corrected chi connectivity index (χ3v) is 2.20. The van der Waals surface area contributed by atoms with Crippen LogP contribution in [-0.2, 0) is 6.42 Å². The molecular formula is C10H17NO2. The van der Waals surface area contributed by atoms with Crippen molar-refractivity contribution in [1.82, 2.24) is 0 Å². The summed E-state index contributed by atoms with van der Waals surface area (Å²) in [7, 11) is 0. The van der Waals surface area contributed by atoms with Gasteiger partial charge in [0.05, 0.1) is 0 Å². The topological polar surface area (TPSA) is 59.4 Å². The van der Waals surface area contributed by atoms with Crippen molar-refractivity contribution in [3.05, 3.63) is 23.7 Å². The molecule has 0 aliphatic rings. The molecule has 3 N–H and O–H groups in total. The molecule has 3 nitrogen and oxygen atoms in total. The van der Waals surface area contributed by atoms with Crippen molar-refractivity contribution in [1.29, 1.82) is 0 Å². The summed E-state index contributed by atoms with van der Waals surface area (Å²) < 4.78 is 5.39. The van der Waals surface area contributed by atoms with Gasteiger partial charge in [0.2, 0.25) is 0 Å². The molecule has 0 saturated carbocycles. The van der Waals surface area contributed by atoms with Gasteiger partial charge in [-0.2, -0.15) is 0 Å². The van der Waals surface area contributed by atoms with E-state index in [9.17, 15) is 5.11 Å². The number of rotatable bonds is 4. The van der Waals surface area contributed by atoms with Gasteiger partial charge in [-0.3, -0.25) is 0 Å². The molecule has 0 aromatic carbocycles. The molecule has 2 atom stereocenters. The predicted octanol–water partition coefficient (Wildman–Crippen LogP) is 1.61. The van der Waals surface area contributed by atoms with E-state index in [-0.39, 0.29) is 6.04 Å². The molecule has 13 heavy (non-hydrogen) atoms. The van der Waals surface area contributed by atoms with Crippen LogP contribution in [0.3, 0.4) is 0 Å². The Morgan fingerprint density at radius 3 is 2.62 bits per heavy atom. The van der Waals surface area contributed by atoms with Crippen LogP contribution in [-0.4, -0.2) is 11.1 Å². The molecule has 0 fully saturated rings. The Morgan fingerprint density at radius 1 is 1.46 bits per heavy atom. The number of aliphatic hydroxyl groups excluding tert-OH is 1. The number of aliphatic hydroxyl groups is 1. The zero-order valence-electron chi connectivity index (χ0n) is 8.16. The fraction of sp³-hybridized carbons (Fsp3) is 0.600. The highest BCUT2D eigenvalue weighted by atomic mass is 16.4. The second kappa shape index (κ2) is 4.44. The molecule has 0 bridgehead atoms. The lowest BCUT2D eigenvalue weighted by Gasteiger charge is -2.14. The van der Waals surface area contributed by atoms with E-state index >= 15 is 0 Å². The normalized spacial score (nSPS) is 15.7. The number of hydrogen-bond acceptors (Lipinski definition) is 3. The first-order chi connectivity index (χ1) is 6.19. The van der Waals surface area contributed by atoms with Gasteiger partial charge in [0.15, 0.2) is 0 Å². The Balaban J connectivity index is 2.70. The van der Waals surface area contributed by atoms with Crippen LogP contribution in [0.15, 0.2) is 16.5 Å². The SMILES string of the molecule is CCc1ccc(C(O)C(N)CC)o1. The van der Waals surface area contributed by atoms with Gasteiger partial charge in [-0.25, -0.2) is 0 Å². The van der Waals surface area contributed by atoms with E-state index in [0.29, 0.717) is 5.76 Å². The number of nitrogens with two attached hydrogens (primary N) is 1. The molecule has 0 aliphatic heterocycles. The van der Waals surface area contributed by atoms with Crippen LogP contribution in [0.2, 0.25) is 0 Å². The van der Waals surface area contributed by atoms with Crippen LogP contribution in [0.4, 0.5) is 0 Å². The van der Waals surface area contributed by atoms with Crippen LogP contribution < -0.4 is 5.73 Å². The van der Waals surface area contributed by atoms with Crippen molar-refractivity contribution in [2.24, 2.45) is 5.73 Å². The van der Waals surface area contributed by atoms with Crippen LogP contribution in [0.25, 0.3) is 0 Å². The molecule has 0 saturated heterocycles. The van der Waals surface area contributed by atoms with Crippen LogP contribution in [0, 0.1) is 0 Å². The minimum absolute atomic E-state index is 0.240. The molecule has 3 heteroatoms. The van der Waals surface area contributed by atoms with Crippen molar-refractivity contribution < 1.29 is 9.52 Å². The first-order valence-corrected chi connectivity index (χ1v) is 4.71. The molecule has 74 valence electrons. The molecule has 2 unspecified atom stereocenters. The third-order valence-electron chi connectivity index (χ3n) is 2.20. The van der Waals surface area contributed by atoms with Crippen LogP contribution in [0.5, 0.6) is 0 Å². The zero-order valence-corrected chi connectivity index (χ0v) is 8.16. The average Bonchev–Trinajstić information content (AvgIpc) is 2.63. The monoisotopic (exact) mass is 183 g/mol. The maximum Gasteiger partial charge on any atom is 0.134 e. The van der Waals surface area contributed by atoms with Crippen molar-refractivity contribution >= 4 is 0 Å². The quantitative estimate of drug-likeness (QED) is 0.745. The lowest BCUT2D eigenvalue weighted by Crippen LogP contribution is -2.26. The third kappa shape index (κ3) is 2.32. The lowest BCUT2D eigenvalue weighted by molar-refractivity contribution is 0.118. The summed E-state index contributed by atoms with van der Waals surface area (Å²) in [4.78, 5) is 0. The highest BCUT2D eigenvalue weighted by molar-refractivity contribution is 5.10. The number of hydrogen-bond donors (Lipinski definition) is 2. The van der Waals surface area contributed by atoms with Crippen molar-refractivity contribution in [3.8, 4) is 0 Å². The minimum atomic E-state index is -0.676. The molecule has 0 radical (unpaired) electrons. The van der Waals surface area contributed by atoms with Gasteiger partial charge in [-0.15, -0.1) is 0 Å². The fourth-order valence-electron chi connectivity index (χ4n) is 1.18. The van der Waals surface area contributed by atoms with Crippen molar-refractivity contribution in [3.63, 3.8) is 0 Å². The van der Waals surface area contributed by atoms with Crippen molar-refractivity contribution in [2.75, 3.05) is 0 Å². The Bertz CT molecular complexity index is 257. The van der Waals surface area contributed by atoms with Gasteiger partial charge < -0.3 is 15.3 Å². The van der Waals surface area contributed by atoms with E-state index in [4.69, 9.17) is 10.2 Å². The Hall–Kier alpha value is -0.800. The van der Waals surface area contributed by atoms with Gasteiger partial charge in [0.25, 0.3) is 0 Å². The summed E-state index contributed by atoms with van der Waals surface area (Å²) in [5, 5.41) is 9.68. The zero-order chi connectivity index (χ0) is 9.84.